The maximum atomic E-state index is 13.0. The summed E-state index contributed by atoms with van der Waals surface area (Å²) in [6.45, 7) is 0.629. The Labute approximate surface area is 159 Å². The van der Waals surface area contributed by atoms with Crippen LogP contribution in [0.3, 0.4) is 0 Å². The standard InChI is InChI=1S/C22H25N3O2/c23-17-11-12-18-16(14-17)8-4-9-19(18)24-21(26)20-10-5-13-25(20)22(27)15-6-2-1-3-7-15/h1-3,6-7,11-12,14,19-20H,4-5,8-10,13,23H2,(H,24,26). The van der Waals surface area contributed by atoms with Crippen LogP contribution in [0.2, 0.25) is 0 Å². The molecule has 1 fully saturated rings. The number of amides is 2. The first-order valence-electron chi connectivity index (χ1n) is 9.68. The highest BCUT2D eigenvalue weighted by atomic mass is 16.2. The van der Waals surface area contributed by atoms with Crippen molar-refractivity contribution in [1.82, 2.24) is 10.2 Å². The fraction of sp³-hybridized carbons (Fsp3) is 0.364. The van der Waals surface area contributed by atoms with Gasteiger partial charge in [0.15, 0.2) is 0 Å². The zero-order valence-corrected chi connectivity index (χ0v) is 15.4. The van der Waals surface area contributed by atoms with E-state index in [0.29, 0.717) is 18.5 Å². The summed E-state index contributed by atoms with van der Waals surface area (Å²) in [7, 11) is 0. The average molecular weight is 363 g/mol. The van der Waals surface area contributed by atoms with Gasteiger partial charge in [0.2, 0.25) is 5.91 Å². The second-order valence-electron chi connectivity index (χ2n) is 7.43. The molecule has 140 valence electrons. The normalized spacial score (nSPS) is 21.6. The summed E-state index contributed by atoms with van der Waals surface area (Å²) >= 11 is 0. The number of nitrogens with zero attached hydrogens (tertiary/aromatic N) is 1. The Kier molecular flexibility index (Phi) is 4.84. The van der Waals surface area contributed by atoms with Gasteiger partial charge in [0.25, 0.3) is 5.91 Å². The lowest BCUT2D eigenvalue weighted by molar-refractivity contribution is -0.125. The Morgan fingerprint density at radius 2 is 1.85 bits per heavy atom. The van der Waals surface area contributed by atoms with Crippen molar-refractivity contribution in [3.8, 4) is 0 Å². The van der Waals surface area contributed by atoms with Crippen LogP contribution in [0.1, 0.15) is 53.2 Å². The van der Waals surface area contributed by atoms with Gasteiger partial charge in [-0.3, -0.25) is 9.59 Å². The number of nitrogen functional groups attached to an aromatic ring is 1. The molecule has 0 aromatic heterocycles. The first-order chi connectivity index (χ1) is 13.1. The largest absolute Gasteiger partial charge is 0.399 e. The lowest BCUT2D eigenvalue weighted by Crippen LogP contribution is -2.47. The van der Waals surface area contributed by atoms with Crippen LogP contribution in [0.5, 0.6) is 0 Å². The van der Waals surface area contributed by atoms with Crippen molar-refractivity contribution in [2.24, 2.45) is 0 Å². The fourth-order valence-corrected chi connectivity index (χ4v) is 4.28. The van der Waals surface area contributed by atoms with E-state index in [1.165, 1.54) is 5.56 Å². The van der Waals surface area contributed by atoms with Crippen LogP contribution in [-0.4, -0.2) is 29.3 Å². The third kappa shape index (κ3) is 3.54. The van der Waals surface area contributed by atoms with Crippen molar-refractivity contribution in [1.29, 1.82) is 0 Å². The van der Waals surface area contributed by atoms with Gasteiger partial charge in [0.05, 0.1) is 6.04 Å². The van der Waals surface area contributed by atoms with Crippen LogP contribution in [0.25, 0.3) is 0 Å². The molecule has 4 rings (SSSR count). The van der Waals surface area contributed by atoms with Crippen LogP contribution >= 0.6 is 0 Å². The molecule has 1 heterocycles. The Morgan fingerprint density at radius 1 is 1.04 bits per heavy atom. The zero-order valence-electron chi connectivity index (χ0n) is 15.4. The minimum absolute atomic E-state index is 0.00359. The van der Waals surface area contributed by atoms with Gasteiger partial charge in [-0.2, -0.15) is 0 Å². The smallest absolute Gasteiger partial charge is 0.254 e. The van der Waals surface area contributed by atoms with Crippen LogP contribution < -0.4 is 11.1 Å². The number of nitrogens with two attached hydrogens (primary N) is 1. The molecule has 2 amide bonds. The molecule has 2 unspecified atom stereocenters. The molecule has 1 saturated heterocycles. The Bertz CT molecular complexity index is 850. The van der Waals surface area contributed by atoms with E-state index in [1.54, 1.807) is 17.0 Å². The van der Waals surface area contributed by atoms with Gasteiger partial charge >= 0.3 is 0 Å². The van der Waals surface area contributed by atoms with E-state index in [9.17, 15) is 9.59 Å². The summed E-state index contributed by atoms with van der Waals surface area (Å²) in [5, 5.41) is 3.20. The minimum Gasteiger partial charge on any atom is -0.399 e. The van der Waals surface area contributed by atoms with Gasteiger partial charge in [-0.05, 0) is 67.5 Å². The Hall–Kier alpha value is -2.82. The zero-order chi connectivity index (χ0) is 18.8. The number of likely N-dealkylation sites (tertiary alicyclic amines) is 1. The number of fused-ring (bicyclic) bond motifs is 1. The van der Waals surface area contributed by atoms with Crippen LogP contribution in [0, 0.1) is 0 Å². The van der Waals surface area contributed by atoms with Gasteiger partial charge in [-0.15, -0.1) is 0 Å². The van der Waals surface area contributed by atoms with Crippen LogP contribution in [0.4, 0.5) is 5.69 Å². The third-order valence-electron chi connectivity index (χ3n) is 5.63. The lowest BCUT2D eigenvalue weighted by Gasteiger charge is -2.30. The molecule has 0 radical (unpaired) electrons. The molecule has 27 heavy (non-hydrogen) atoms. The summed E-state index contributed by atoms with van der Waals surface area (Å²) in [4.78, 5) is 27.5. The maximum Gasteiger partial charge on any atom is 0.254 e. The van der Waals surface area contributed by atoms with Gasteiger partial charge < -0.3 is 16.0 Å². The maximum absolute atomic E-state index is 13.0. The first kappa shape index (κ1) is 17.6. The van der Waals surface area contributed by atoms with E-state index in [1.807, 2.05) is 36.4 Å². The number of benzene rings is 2. The fourth-order valence-electron chi connectivity index (χ4n) is 4.28. The van der Waals surface area contributed by atoms with E-state index < -0.39 is 6.04 Å². The van der Waals surface area contributed by atoms with Gasteiger partial charge in [-0.1, -0.05) is 24.3 Å². The van der Waals surface area contributed by atoms with Crippen LogP contribution in [-0.2, 0) is 11.2 Å². The Balaban J connectivity index is 1.49. The number of carbonyl (C=O) groups excluding carboxylic acids is 2. The predicted molar refractivity (Wildman–Crippen MR) is 105 cm³/mol. The van der Waals surface area contributed by atoms with Crippen LogP contribution in [0.15, 0.2) is 48.5 Å². The molecule has 2 aliphatic rings. The molecule has 2 aromatic carbocycles. The average Bonchev–Trinajstić information content (AvgIpc) is 3.18. The first-order valence-corrected chi connectivity index (χ1v) is 9.68. The highest BCUT2D eigenvalue weighted by molar-refractivity contribution is 5.98. The SMILES string of the molecule is Nc1ccc2c(c1)CCCC2NC(=O)C1CCCN1C(=O)c1ccccc1. The van der Waals surface area contributed by atoms with E-state index in [2.05, 4.69) is 5.32 Å². The second kappa shape index (κ2) is 7.43. The van der Waals surface area contributed by atoms with Gasteiger partial charge in [-0.25, -0.2) is 0 Å². The molecule has 0 spiro atoms. The molecule has 5 nitrogen and oxygen atoms in total. The predicted octanol–water partition coefficient (Wildman–Crippen LogP) is 3.07. The summed E-state index contributed by atoms with van der Waals surface area (Å²) in [6, 6.07) is 14.7. The Morgan fingerprint density at radius 3 is 2.67 bits per heavy atom. The van der Waals surface area contributed by atoms with E-state index in [4.69, 9.17) is 5.73 Å². The molecule has 5 heteroatoms. The molecule has 3 N–H and O–H groups in total. The number of nitrogens with one attached hydrogen (secondary N) is 1. The summed E-state index contributed by atoms with van der Waals surface area (Å²) in [5.74, 6) is -0.114. The highest BCUT2D eigenvalue weighted by Gasteiger charge is 2.36. The minimum atomic E-state index is -0.392. The van der Waals surface area contributed by atoms with E-state index >= 15 is 0 Å². The molecular formula is C22H25N3O2. The number of aryl methyl sites for hydroxylation is 1. The van der Waals surface area contributed by atoms with Crippen molar-refractivity contribution in [3.63, 3.8) is 0 Å². The van der Waals surface area contributed by atoms with E-state index in [-0.39, 0.29) is 17.9 Å². The van der Waals surface area contributed by atoms with Crippen molar-refractivity contribution in [3.05, 3.63) is 65.2 Å². The molecular weight excluding hydrogens is 338 g/mol. The van der Waals surface area contributed by atoms with E-state index in [0.717, 1.165) is 36.9 Å². The molecule has 0 saturated carbocycles. The second-order valence-corrected chi connectivity index (χ2v) is 7.43. The van der Waals surface area contributed by atoms with Crippen molar-refractivity contribution < 1.29 is 9.59 Å². The highest BCUT2D eigenvalue weighted by Crippen LogP contribution is 2.31. The molecule has 2 aromatic rings. The number of anilines is 1. The van der Waals surface area contributed by atoms with Gasteiger partial charge in [0.1, 0.15) is 6.04 Å². The summed E-state index contributed by atoms with van der Waals surface area (Å²) < 4.78 is 0. The molecule has 0 bridgehead atoms. The van der Waals surface area contributed by atoms with Crippen molar-refractivity contribution in [2.45, 2.75) is 44.2 Å². The number of hydrogen-bond acceptors (Lipinski definition) is 3. The van der Waals surface area contributed by atoms with Gasteiger partial charge in [0, 0.05) is 17.8 Å². The topological polar surface area (TPSA) is 75.4 Å². The number of carbonyl (C=O) groups is 2. The molecule has 2 atom stereocenters. The lowest BCUT2D eigenvalue weighted by atomic mass is 9.87. The number of hydrogen-bond donors (Lipinski definition) is 2. The third-order valence-corrected chi connectivity index (χ3v) is 5.63. The molecule has 1 aliphatic carbocycles. The quantitative estimate of drug-likeness (QED) is 0.823. The van der Waals surface area contributed by atoms with Crippen molar-refractivity contribution >= 4 is 17.5 Å². The summed E-state index contributed by atoms with van der Waals surface area (Å²) in [5.41, 5.74) is 9.67. The molecule has 1 aliphatic heterocycles. The van der Waals surface area contributed by atoms with Crippen molar-refractivity contribution in [2.75, 3.05) is 12.3 Å². The summed E-state index contributed by atoms with van der Waals surface area (Å²) in [6.07, 6.45) is 4.51. The number of rotatable bonds is 3. The monoisotopic (exact) mass is 363 g/mol.